The van der Waals surface area contributed by atoms with Gasteiger partial charge in [-0.15, -0.1) is 0 Å². The van der Waals surface area contributed by atoms with Crippen LogP contribution in [0.4, 0.5) is 5.95 Å². The summed E-state index contributed by atoms with van der Waals surface area (Å²) in [5.74, 6) is 1.04. The van der Waals surface area contributed by atoms with Gasteiger partial charge in [0.25, 0.3) is 0 Å². The van der Waals surface area contributed by atoms with Gasteiger partial charge in [0.1, 0.15) is 11.4 Å². The van der Waals surface area contributed by atoms with E-state index in [4.69, 9.17) is 4.98 Å². The number of hydrogen-bond donors (Lipinski definition) is 2. The number of nitrogens with zero attached hydrogens (tertiary/aromatic N) is 5. The third-order valence-corrected chi connectivity index (χ3v) is 5.58. The van der Waals surface area contributed by atoms with Gasteiger partial charge < -0.3 is 24.8 Å². The van der Waals surface area contributed by atoms with Crippen LogP contribution in [0.25, 0.3) is 11.0 Å². The van der Waals surface area contributed by atoms with Gasteiger partial charge in [-0.1, -0.05) is 12.1 Å². The van der Waals surface area contributed by atoms with Gasteiger partial charge in [0, 0.05) is 38.4 Å². The fraction of sp³-hybridized carbons (Fsp3) is 0.455. The van der Waals surface area contributed by atoms with E-state index in [0.717, 1.165) is 68.4 Å². The first-order valence-electron chi connectivity index (χ1n) is 10.4. The van der Waals surface area contributed by atoms with Crippen molar-refractivity contribution in [3.05, 3.63) is 47.8 Å². The van der Waals surface area contributed by atoms with E-state index in [1.54, 1.807) is 6.07 Å². The topological polar surface area (TPSA) is 69.5 Å². The average molecular weight is 395 g/mol. The number of aryl methyl sites for hydroxylation is 1. The van der Waals surface area contributed by atoms with Crippen LogP contribution in [0.15, 0.2) is 36.4 Å². The molecule has 4 rings (SSSR count). The Kier molecular flexibility index (Phi) is 5.97. The molecule has 154 valence electrons. The van der Waals surface area contributed by atoms with E-state index in [2.05, 4.69) is 37.8 Å². The smallest absolute Gasteiger partial charge is 0.204 e. The first kappa shape index (κ1) is 19.7. The Morgan fingerprint density at radius 1 is 1.03 bits per heavy atom. The van der Waals surface area contributed by atoms with Gasteiger partial charge in [-0.25, -0.2) is 4.98 Å². The molecule has 0 spiro atoms. The molecule has 7 heteroatoms. The third-order valence-electron chi connectivity index (χ3n) is 5.58. The van der Waals surface area contributed by atoms with E-state index < -0.39 is 0 Å². The predicted octanol–water partition coefficient (Wildman–Crippen LogP) is 2.54. The van der Waals surface area contributed by atoms with E-state index in [9.17, 15) is 5.11 Å². The summed E-state index contributed by atoms with van der Waals surface area (Å²) in [6.45, 7) is 8.97. The number of pyridine rings is 1. The largest absolute Gasteiger partial charge is 0.506 e. The summed E-state index contributed by atoms with van der Waals surface area (Å²) < 4.78 is 2.10. The zero-order chi connectivity index (χ0) is 20.2. The number of benzene rings is 1. The molecule has 1 aliphatic rings. The third kappa shape index (κ3) is 4.68. The lowest BCUT2D eigenvalue weighted by Crippen LogP contribution is -2.44. The molecule has 29 heavy (non-hydrogen) atoms. The number of aromatic nitrogens is 3. The normalized spacial score (nSPS) is 15.8. The van der Waals surface area contributed by atoms with Crippen LogP contribution in [0.3, 0.4) is 0 Å². The Morgan fingerprint density at radius 2 is 1.83 bits per heavy atom. The molecule has 0 bridgehead atoms. The monoisotopic (exact) mass is 394 g/mol. The minimum atomic E-state index is 0.217. The molecule has 0 unspecified atom stereocenters. The minimum absolute atomic E-state index is 0.217. The molecular formula is C22H30N6O. The standard InChI is InChI=1S/C22H30N6O/c1-17-8-9-21(29)19(24-17)16-28-20-7-4-3-6-18(20)25-22(28)23-10-5-11-27-14-12-26(2)13-15-27/h3-4,6-9,29H,5,10-16H2,1-2H3,(H,23,25). The number of para-hydroxylation sites is 2. The molecule has 3 aromatic rings. The minimum Gasteiger partial charge on any atom is -0.506 e. The summed E-state index contributed by atoms with van der Waals surface area (Å²) in [5.41, 5.74) is 3.54. The van der Waals surface area contributed by atoms with Crippen molar-refractivity contribution < 1.29 is 5.11 Å². The second kappa shape index (κ2) is 8.80. The summed E-state index contributed by atoms with van der Waals surface area (Å²) in [5, 5.41) is 13.8. The highest BCUT2D eigenvalue weighted by atomic mass is 16.3. The van der Waals surface area contributed by atoms with Gasteiger partial charge in [0.05, 0.1) is 17.6 Å². The maximum atomic E-state index is 10.2. The van der Waals surface area contributed by atoms with E-state index in [0.29, 0.717) is 12.2 Å². The first-order valence-corrected chi connectivity index (χ1v) is 10.4. The number of likely N-dealkylation sites (N-methyl/N-ethyl adjacent to an activating group) is 1. The number of rotatable bonds is 7. The fourth-order valence-electron chi connectivity index (χ4n) is 3.81. The second-order valence-corrected chi connectivity index (χ2v) is 7.85. The van der Waals surface area contributed by atoms with E-state index in [1.807, 2.05) is 31.2 Å². The SMILES string of the molecule is Cc1ccc(O)c(Cn2c(NCCCN3CCN(C)CC3)nc3ccccc32)n1. The lowest BCUT2D eigenvalue weighted by atomic mass is 10.2. The van der Waals surface area contributed by atoms with Crippen LogP contribution in [-0.4, -0.2) is 75.8 Å². The fourth-order valence-corrected chi connectivity index (χ4v) is 3.81. The molecule has 0 aliphatic carbocycles. The van der Waals surface area contributed by atoms with Crippen LogP contribution in [-0.2, 0) is 6.54 Å². The predicted molar refractivity (Wildman–Crippen MR) is 117 cm³/mol. The van der Waals surface area contributed by atoms with Crippen molar-refractivity contribution in [2.24, 2.45) is 0 Å². The molecule has 2 aromatic heterocycles. The molecule has 2 N–H and O–H groups in total. The number of fused-ring (bicyclic) bond motifs is 1. The van der Waals surface area contributed by atoms with Gasteiger partial charge in [0.15, 0.2) is 0 Å². The number of aromatic hydroxyl groups is 1. The van der Waals surface area contributed by atoms with Crippen molar-refractivity contribution >= 4 is 17.0 Å². The van der Waals surface area contributed by atoms with Crippen molar-refractivity contribution in [2.75, 3.05) is 51.6 Å². The molecule has 0 atom stereocenters. The van der Waals surface area contributed by atoms with E-state index in [1.165, 1.54) is 0 Å². The summed E-state index contributed by atoms with van der Waals surface area (Å²) in [6.07, 6.45) is 1.07. The van der Waals surface area contributed by atoms with Crippen molar-refractivity contribution in [2.45, 2.75) is 19.9 Å². The van der Waals surface area contributed by atoms with Crippen molar-refractivity contribution in [3.8, 4) is 5.75 Å². The Morgan fingerprint density at radius 3 is 2.66 bits per heavy atom. The lowest BCUT2D eigenvalue weighted by molar-refractivity contribution is 0.154. The van der Waals surface area contributed by atoms with Crippen molar-refractivity contribution in [1.29, 1.82) is 0 Å². The van der Waals surface area contributed by atoms with Gasteiger partial charge in [-0.3, -0.25) is 4.98 Å². The quantitative estimate of drug-likeness (QED) is 0.600. The second-order valence-electron chi connectivity index (χ2n) is 7.85. The molecule has 0 saturated carbocycles. The number of nitrogens with one attached hydrogen (secondary N) is 1. The molecule has 1 aromatic carbocycles. The Hall–Kier alpha value is -2.64. The molecule has 3 heterocycles. The highest BCUT2D eigenvalue weighted by Crippen LogP contribution is 2.24. The highest BCUT2D eigenvalue weighted by molar-refractivity contribution is 5.78. The Balaban J connectivity index is 1.46. The zero-order valence-electron chi connectivity index (χ0n) is 17.3. The van der Waals surface area contributed by atoms with Crippen LogP contribution in [0.1, 0.15) is 17.8 Å². The average Bonchev–Trinajstić information content (AvgIpc) is 3.07. The molecule has 0 amide bonds. The van der Waals surface area contributed by atoms with Crippen LogP contribution in [0.2, 0.25) is 0 Å². The number of piperazine rings is 1. The summed E-state index contributed by atoms with van der Waals surface area (Å²) in [4.78, 5) is 14.2. The maximum Gasteiger partial charge on any atom is 0.204 e. The Labute approximate surface area is 172 Å². The van der Waals surface area contributed by atoms with Crippen LogP contribution in [0.5, 0.6) is 5.75 Å². The lowest BCUT2D eigenvalue weighted by Gasteiger charge is -2.32. The molecule has 0 radical (unpaired) electrons. The summed E-state index contributed by atoms with van der Waals surface area (Å²) in [7, 11) is 2.18. The van der Waals surface area contributed by atoms with Gasteiger partial charge in [0.2, 0.25) is 5.95 Å². The van der Waals surface area contributed by atoms with E-state index >= 15 is 0 Å². The molecule has 7 nitrogen and oxygen atoms in total. The summed E-state index contributed by atoms with van der Waals surface area (Å²) >= 11 is 0. The van der Waals surface area contributed by atoms with Crippen molar-refractivity contribution in [3.63, 3.8) is 0 Å². The zero-order valence-corrected chi connectivity index (χ0v) is 17.3. The molecule has 1 saturated heterocycles. The molecular weight excluding hydrogens is 364 g/mol. The number of hydrogen-bond acceptors (Lipinski definition) is 6. The summed E-state index contributed by atoms with van der Waals surface area (Å²) in [6, 6.07) is 11.6. The van der Waals surface area contributed by atoms with Crippen molar-refractivity contribution in [1.82, 2.24) is 24.3 Å². The number of imidazole rings is 1. The first-order chi connectivity index (χ1) is 14.1. The highest BCUT2D eigenvalue weighted by Gasteiger charge is 2.15. The van der Waals surface area contributed by atoms with Gasteiger partial charge in [-0.05, 0) is 51.2 Å². The van der Waals surface area contributed by atoms with Gasteiger partial charge >= 0.3 is 0 Å². The molecule has 1 fully saturated rings. The van der Waals surface area contributed by atoms with E-state index in [-0.39, 0.29) is 5.75 Å². The van der Waals surface area contributed by atoms with Crippen LogP contribution >= 0.6 is 0 Å². The van der Waals surface area contributed by atoms with Crippen LogP contribution < -0.4 is 5.32 Å². The Bertz CT molecular complexity index is 961. The molecule has 1 aliphatic heterocycles. The van der Waals surface area contributed by atoms with Crippen LogP contribution in [0, 0.1) is 6.92 Å². The van der Waals surface area contributed by atoms with Gasteiger partial charge in [-0.2, -0.15) is 0 Å². The number of anilines is 1. The maximum absolute atomic E-state index is 10.2.